The first kappa shape index (κ1) is 21.5. The molecule has 1 aromatic carbocycles. The molecule has 1 saturated heterocycles. The van der Waals surface area contributed by atoms with Gasteiger partial charge >= 0.3 is 0 Å². The molecule has 31 heavy (non-hydrogen) atoms. The van der Waals surface area contributed by atoms with Crippen LogP contribution in [0.25, 0.3) is 5.65 Å². The number of fused-ring (bicyclic) bond motifs is 1. The van der Waals surface area contributed by atoms with Gasteiger partial charge in [-0.15, -0.1) is 0 Å². The first-order valence-electron chi connectivity index (χ1n) is 10.7. The Labute approximate surface area is 183 Å². The smallest absolute Gasteiger partial charge is 0.230 e. The van der Waals surface area contributed by atoms with Crippen LogP contribution in [-0.4, -0.2) is 53.4 Å². The molecule has 1 amide bonds. The molecule has 1 N–H and O–H groups in total. The number of piperidine rings is 1. The molecule has 0 saturated carbocycles. The van der Waals surface area contributed by atoms with E-state index in [0.717, 1.165) is 16.9 Å². The summed E-state index contributed by atoms with van der Waals surface area (Å²) in [6.45, 7) is 2.84. The van der Waals surface area contributed by atoms with Gasteiger partial charge in [0, 0.05) is 38.4 Å². The molecule has 8 heteroatoms. The quantitative estimate of drug-likeness (QED) is 0.611. The molecule has 0 unspecified atom stereocenters. The third-order valence-electron chi connectivity index (χ3n) is 6.18. The van der Waals surface area contributed by atoms with Crippen LogP contribution in [0.5, 0.6) is 0 Å². The van der Waals surface area contributed by atoms with Gasteiger partial charge in [0.05, 0.1) is 16.9 Å². The molecular formula is C23H28N4O3S. The maximum Gasteiger partial charge on any atom is 0.230 e. The van der Waals surface area contributed by atoms with Crippen molar-refractivity contribution < 1.29 is 13.2 Å². The number of nitrogens with zero attached hydrogens (tertiary/aromatic N) is 3. The van der Waals surface area contributed by atoms with E-state index in [1.807, 2.05) is 65.3 Å². The molecule has 0 aliphatic carbocycles. The maximum absolute atomic E-state index is 13.4. The summed E-state index contributed by atoms with van der Waals surface area (Å²) < 4.78 is 28.1. The standard InChI is InChI=1S/C23H28N4O3S/c1-2-31(29,30)27-16-12-23(13-17-27,19-8-4-3-5-9-19)22(28)24-14-11-20-18-26-15-7-6-10-21(26)25-20/h3-10,15,18H,2,11-14,16-17H2,1H3,(H,24,28). The van der Waals surface area contributed by atoms with E-state index in [4.69, 9.17) is 0 Å². The van der Waals surface area contributed by atoms with Crippen LogP contribution in [0.1, 0.15) is 31.0 Å². The lowest BCUT2D eigenvalue weighted by Crippen LogP contribution is -2.53. The van der Waals surface area contributed by atoms with Gasteiger partial charge in [0.1, 0.15) is 5.65 Å². The number of pyridine rings is 1. The van der Waals surface area contributed by atoms with Crippen molar-refractivity contribution in [2.45, 2.75) is 31.6 Å². The molecule has 1 fully saturated rings. The molecule has 3 aromatic rings. The molecular weight excluding hydrogens is 412 g/mol. The number of imidazole rings is 1. The fraction of sp³-hybridized carbons (Fsp3) is 0.391. The largest absolute Gasteiger partial charge is 0.355 e. The van der Waals surface area contributed by atoms with Crippen LogP contribution >= 0.6 is 0 Å². The molecule has 0 spiro atoms. The number of hydrogen-bond acceptors (Lipinski definition) is 4. The summed E-state index contributed by atoms with van der Waals surface area (Å²) in [6.07, 6.45) is 5.50. The molecule has 0 atom stereocenters. The van der Waals surface area contributed by atoms with Crippen LogP contribution in [0.3, 0.4) is 0 Å². The van der Waals surface area contributed by atoms with E-state index in [0.29, 0.717) is 38.9 Å². The Morgan fingerprint density at radius 3 is 2.48 bits per heavy atom. The summed E-state index contributed by atoms with van der Waals surface area (Å²) in [4.78, 5) is 18.0. The third-order valence-corrected chi connectivity index (χ3v) is 8.06. The highest BCUT2D eigenvalue weighted by Gasteiger charge is 2.44. The molecule has 3 heterocycles. The predicted octanol–water partition coefficient (Wildman–Crippen LogP) is 2.38. The van der Waals surface area contributed by atoms with Gasteiger partial charge in [0.2, 0.25) is 15.9 Å². The zero-order chi connectivity index (χ0) is 21.9. The monoisotopic (exact) mass is 440 g/mol. The summed E-state index contributed by atoms with van der Waals surface area (Å²) in [6, 6.07) is 15.6. The van der Waals surface area contributed by atoms with Crippen LogP contribution in [0.15, 0.2) is 60.9 Å². The summed E-state index contributed by atoms with van der Waals surface area (Å²) in [5.41, 5.74) is 2.02. The van der Waals surface area contributed by atoms with Crippen molar-refractivity contribution in [1.29, 1.82) is 0 Å². The highest BCUT2D eigenvalue weighted by Crippen LogP contribution is 2.36. The summed E-state index contributed by atoms with van der Waals surface area (Å²) in [7, 11) is -3.25. The summed E-state index contributed by atoms with van der Waals surface area (Å²) in [5, 5.41) is 3.10. The van der Waals surface area contributed by atoms with E-state index in [1.54, 1.807) is 6.92 Å². The molecule has 164 valence electrons. The van der Waals surface area contributed by atoms with E-state index in [2.05, 4.69) is 10.3 Å². The zero-order valence-corrected chi connectivity index (χ0v) is 18.5. The normalized spacial score (nSPS) is 16.9. The van der Waals surface area contributed by atoms with Crippen LogP contribution in [0.4, 0.5) is 0 Å². The summed E-state index contributed by atoms with van der Waals surface area (Å²) in [5.74, 6) is 0.0345. The number of aromatic nitrogens is 2. The van der Waals surface area contributed by atoms with Gasteiger partial charge in [0.15, 0.2) is 0 Å². The first-order chi connectivity index (χ1) is 14.9. The van der Waals surface area contributed by atoms with Crippen molar-refractivity contribution in [3.63, 3.8) is 0 Å². The Bertz CT molecular complexity index is 1120. The molecule has 1 aliphatic heterocycles. The second kappa shape index (κ2) is 8.80. The van der Waals surface area contributed by atoms with Crippen LogP contribution in [-0.2, 0) is 26.7 Å². The second-order valence-electron chi connectivity index (χ2n) is 7.95. The van der Waals surface area contributed by atoms with Crippen LogP contribution in [0.2, 0.25) is 0 Å². The Kier molecular flexibility index (Phi) is 6.11. The number of sulfonamides is 1. The highest BCUT2D eigenvalue weighted by atomic mass is 32.2. The van der Waals surface area contributed by atoms with E-state index in [1.165, 1.54) is 4.31 Å². The van der Waals surface area contributed by atoms with Gasteiger partial charge < -0.3 is 9.72 Å². The lowest BCUT2D eigenvalue weighted by molar-refractivity contribution is -0.128. The van der Waals surface area contributed by atoms with E-state index < -0.39 is 15.4 Å². The number of carbonyl (C=O) groups is 1. The zero-order valence-electron chi connectivity index (χ0n) is 17.7. The lowest BCUT2D eigenvalue weighted by Gasteiger charge is -2.40. The molecule has 0 radical (unpaired) electrons. The van der Waals surface area contributed by atoms with Crippen molar-refractivity contribution in [2.24, 2.45) is 0 Å². The Morgan fingerprint density at radius 1 is 1.10 bits per heavy atom. The van der Waals surface area contributed by atoms with E-state index in [-0.39, 0.29) is 11.7 Å². The van der Waals surface area contributed by atoms with Crippen molar-refractivity contribution in [3.8, 4) is 0 Å². The predicted molar refractivity (Wildman–Crippen MR) is 120 cm³/mol. The van der Waals surface area contributed by atoms with Crippen molar-refractivity contribution in [3.05, 3.63) is 72.2 Å². The van der Waals surface area contributed by atoms with E-state index >= 15 is 0 Å². The molecule has 0 bridgehead atoms. The van der Waals surface area contributed by atoms with Gasteiger partial charge in [-0.1, -0.05) is 36.4 Å². The highest BCUT2D eigenvalue weighted by molar-refractivity contribution is 7.89. The van der Waals surface area contributed by atoms with E-state index in [9.17, 15) is 13.2 Å². The van der Waals surface area contributed by atoms with Crippen molar-refractivity contribution in [1.82, 2.24) is 19.0 Å². The SMILES string of the molecule is CCS(=O)(=O)N1CCC(C(=O)NCCc2cn3ccccc3n2)(c2ccccc2)CC1. The summed E-state index contributed by atoms with van der Waals surface area (Å²) >= 11 is 0. The fourth-order valence-electron chi connectivity index (χ4n) is 4.31. The number of amides is 1. The minimum absolute atomic E-state index is 0.0454. The van der Waals surface area contributed by atoms with Gasteiger partial charge in [-0.25, -0.2) is 17.7 Å². The van der Waals surface area contributed by atoms with Crippen molar-refractivity contribution in [2.75, 3.05) is 25.4 Å². The van der Waals surface area contributed by atoms with Crippen LogP contribution < -0.4 is 5.32 Å². The van der Waals surface area contributed by atoms with Gasteiger partial charge in [0.25, 0.3) is 0 Å². The molecule has 7 nitrogen and oxygen atoms in total. The second-order valence-corrected chi connectivity index (χ2v) is 10.2. The third kappa shape index (κ3) is 4.36. The number of nitrogens with one attached hydrogen (secondary N) is 1. The maximum atomic E-state index is 13.4. The minimum atomic E-state index is -3.25. The minimum Gasteiger partial charge on any atom is -0.355 e. The fourth-order valence-corrected chi connectivity index (χ4v) is 5.42. The topological polar surface area (TPSA) is 83.8 Å². The molecule has 4 rings (SSSR count). The Hall–Kier alpha value is -2.71. The average Bonchev–Trinajstić information content (AvgIpc) is 3.22. The van der Waals surface area contributed by atoms with Gasteiger partial charge in [-0.3, -0.25) is 4.79 Å². The Balaban J connectivity index is 1.47. The van der Waals surface area contributed by atoms with Crippen molar-refractivity contribution >= 4 is 21.6 Å². The number of rotatable bonds is 7. The molecule has 1 aliphatic rings. The average molecular weight is 441 g/mol. The number of benzene rings is 1. The van der Waals surface area contributed by atoms with Gasteiger partial charge in [-0.05, 0) is 37.5 Å². The molecule has 2 aromatic heterocycles. The lowest BCUT2D eigenvalue weighted by atomic mass is 9.72. The van der Waals surface area contributed by atoms with Crippen LogP contribution in [0, 0.1) is 0 Å². The first-order valence-corrected chi connectivity index (χ1v) is 12.3. The van der Waals surface area contributed by atoms with Gasteiger partial charge in [-0.2, -0.15) is 0 Å². The number of carbonyl (C=O) groups excluding carboxylic acids is 1. The number of hydrogen-bond donors (Lipinski definition) is 1. The Morgan fingerprint density at radius 2 is 1.81 bits per heavy atom.